The van der Waals surface area contributed by atoms with Crippen molar-refractivity contribution in [3.8, 4) is 5.75 Å². The molecule has 1 rings (SSSR count). The summed E-state index contributed by atoms with van der Waals surface area (Å²) in [5.74, 6) is 0.102. The van der Waals surface area contributed by atoms with Gasteiger partial charge in [-0.3, -0.25) is 4.79 Å². The molecule has 3 nitrogen and oxygen atoms in total. The molecule has 15 heavy (non-hydrogen) atoms. The van der Waals surface area contributed by atoms with Gasteiger partial charge in [0.15, 0.2) is 5.78 Å². The zero-order valence-electron chi connectivity index (χ0n) is 8.79. The predicted octanol–water partition coefficient (Wildman–Crippen LogP) is 1.69. The van der Waals surface area contributed by atoms with Gasteiger partial charge in [-0.1, -0.05) is 12.1 Å². The molecule has 0 spiro atoms. The Balaban J connectivity index is 3.23. The first-order chi connectivity index (χ1) is 7.11. The van der Waals surface area contributed by atoms with Crippen LogP contribution >= 0.6 is 0 Å². The number of benzene rings is 1. The van der Waals surface area contributed by atoms with E-state index in [-0.39, 0.29) is 11.3 Å². The number of alkyl halides is 1. The van der Waals surface area contributed by atoms with Crippen LogP contribution in [0.1, 0.15) is 22.8 Å². The van der Waals surface area contributed by atoms with Gasteiger partial charge in [0.05, 0.1) is 13.2 Å². The summed E-state index contributed by atoms with van der Waals surface area (Å²) in [5.41, 5.74) is 6.03. The molecular formula is C11H14FNO2. The molecule has 1 atom stereocenters. The van der Waals surface area contributed by atoms with Crippen LogP contribution in [0.4, 0.5) is 4.39 Å². The topological polar surface area (TPSA) is 52.3 Å². The number of nitrogens with two attached hydrogens (primary N) is 1. The van der Waals surface area contributed by atoms with Crippen molar-refractivity contribution in [3.05, 3.63) is 29.3 Å². The van der Waals surface area contributed by atoms with Crippen LogP contribution in [0.25, 0.3) is 0 Å². The van der Waals surface area contributed by atoms with E-state index >= 15 is 0 Å². The number of carbonyl (C=O) groups excluding carboxylic acids is 1. The summed E-state index contributed by atoms with van der Waals surface area (Å²) in [6, 6.07) is 4.19. The highest BCUT2D eigenvalue weighted by Crippen LogP contribution is 2.24. The normalized spacial score (nSPS) is 12.3. The number of rotatable bonds is 4. The lowest BCUT2D eigenvalue weighted by Gasteiger charge is -2.11. The molecule has 2 N–H and O–H groups in total. The highest BCUT2D eigenvalue weighted by atomic mass is 19.1. The van der Waals surface area contributed by atoms with Crippen molar-refractivity contribution in [2.75, 3.05) is 7.11 Å². The van der Waals surface area contributed by atoms with Gasteiger partial charge in [-0.05, 0) is 13.0 Å². The van der Waals surface area contributed by atoms with E-state index in [1.54, 1.807) is 25.1 Å². The maximum atomic E-state index is 12.8. The Morgan fingerprint density at radius 1 is 1.60 bits per heavy atom. The van der Waals surface area contributed by atoms with Crippen LogP contribution in [0.3, 0.4) is 0 Å². The molecule has 1 aromatic rings. The fraction of sp³-hybridized carbons (Fsp3) is 0.364. The number of halogens is 1. The Labute approximate surface area is 88.0 Å². The first-order valence-corrected chi connectivity index (χ1v) is 4.63. The smallest absolute Gasteiger partial charge is 0.179 e. The summed E-state index contributed by atoms with van der Waals surface area (Å²) < 4.78 is 17.8. The zero-order valence-corrected chi connectivity index (χ0v) is 8.79. The minimum Gasteiger partial charge on any atom is -0.496 e. The first-order valence-electron chi connectivity index (χ1n) is 4.63. The lowest BCUT2D eigenvalue weighted by Crippen LogP contribution is -2.27. The molecule has 0 amide bonds. The van der Waals surface area contributed by atoms with Gasteiger partial charge in [-0.2, -0.15) is 0 Å². The van der Waals surface area contributed by atoms with E-state index in [1.807, 2.05) is 0 Å². The van der Waals surface area contributed by atoms with Crippen molar-refractivity contribution in [3.63, 3.8) is 0 Å². The van der Waals surface area contributed by atoms with Crippen molar-refractivity contribution in [2.24, 2.45) is 5.73 Å². The monoisotopic (exact) mass is 211 g/mol. The molecule has 0 saturated carbocycles. The highest BCUT2D eigenvalue weighted by molar-refractivity contribution is 6.01. The second-order valence-electron chi connectivity index (χ2n) is 3.27. The lowest BCUT2D eigenvalue weighted by atomic mass is 10.00. The summed E-state index contributed by atoms with van der Waals surface area (Å²) in [6.45, 7) is 0.835. The summed E-state index contributed by atoms with van der Waals surface area (Å²) in [7, 11) is 1.44. The number of hydrogen-bond donors (Lipinski definition) is 1. The molecule has 82 valence electrons. The van der Waals surface area contributed by atoms with Crippen molar-refractivity contribution in [1.82, 2.24) is 0 Å². The molecule has 0 saturated heterocycles. The number of ketones is 1. The van der Waals surface area contributed by atoms with E-state index in [4.69, 9.17) is 10.5 Å². The molecule has 0 aromatic heterocycles. The van der Waals surface area contributed by atoms with E-state index < -0.39 is 12.7 Å². The van der Waals surface area contributed by atoms with Gasteiger partial charge in [0, 0.05) is 11.1 Å². The largest absolute Gasteiger partial charge is 0.496 e. The molecule has 0 aliphatic rings. The number of Topliss-reactive ketones (excluding diaryl/α,β-unsaturated/α-hetero) is 1. The van der Waals surface area contributed by atoms with E-state index in [9.17, 15) is 9.18 Å². The number of methoxy groups -OCH3 is 1. The number of hydrogen-bond acceptors (Lipinski definition) is 3. The van der Waals surface area contributed by atoms with Gasteiger partial charge < -0.3 is 10.5 Å². The quantitative estimate of drug-likeness (QED) is 0.771. The van der Waals surface area contributed by atoms with E-state index in [0.717, 1.165) is 0 Å². The predicted molar refractivity (Wildman–Crippen MR) is 55.8 cm³/mol. The Hall–Kier alpha value is -1.42. The molecule has 0 fully saturated rings. The lowest BCUT2D eigenvalue weighted by molar-refractivity contribution is 0.0965. The van der Waals surface area contributed by atoms with Crippen LogP contribution in [0.5, 0.6) is 5.75 Å². The van der Waals surface area contributed by atoms with Gasteiger partial charge in [0.25, 0.3) is 0 Å². The molecule has 0 heterocycles. The summed E-state index contributed by atoms with van der Waals surface area (Å²) in [5, 5.41) is 0. The third-order valence-corrected chi connectivity index (χ3v) is 2.17. The van der Waals surface area contributed by atoms with Crippen LogP contribution in [-0.4, -0.2) is 18.9 Å². The van der Waals surface area contributed by atoms with Gasteiger partial charge >= 0.3 is 0 Å². The third-order valence-electron chi connectivity index (χ3n) is 2.17. The SMILES string of the molecule is COc1cccc(C(=O)C(C)N)c1CF. The molecule has 0 bridgehead atoms. The van der Waals surface area contributed by atoms with Crippen molar-refractivity contribution in [1.29, 1.82) is 0 Å². The average Bonchev–Trinajstić information content (AvgIpc) is 2.26. The summed E-state index contributed by atoms with van der Waals surface area (Å²) >= 11 is 0. The van der Waals surface area contributed by atoms with E-state index in [2.05, 4.69) is 0 Å². The maximum absolute atomic E-state index is 12.8. The number of carbonyl (C=O) groups is 1. The highest BCUT2D eigenvalue weighted by Gasteiger charge is 2.17. The van der Waals surface area contributed by atoms with Crippen LogP contribution < -0.4 is 10.5 Å². The maximum Gasteiger partial charge on any atom is 0.179 e. The van der Waals surface area contributed by atoms with Crippen molar-refractivity contribution < 1.29 is 13.9 Å². The molecule has 1 aromatic carbocycles. The minimum absolute atomic E-state index is 0.266. The van der Waals surface area contributed by atoms with E-state index in [0.29, 0.717) is 11.3 Å². The summed E-state index contributed by atoms with van der Waals surface area (Å²) in [4.78, 5) is 11.6. The molecule has 0 aliphatic carbocycles. The first kappa shape index (κ1) is 11.7. The van der Waals surface area contributed by atoms with Crippen LogP contribution in [0.2, 0.25) is 0 Å². The standard InChI is InChI=1S/C11H14FNO2/c1-7(13)11(14)8-4-3-5-10(15-2)9(8)6-12/h3-5,7H,6,13H2,1-2H3. The molecule has 1 unspecified atom stereocenters. The summed E-state index contributed by atoms with van der Waals surface area (Å²) in [6.07, 6.45) is 0. The van der Waals surface area contributed by atoms with Gasteiger partial charge in [0.1, 0.15) is 12.4 Å². The molecule has 4 heteroatoms. The Bertz CT molecular complexity index is 364. The minimum atomic E-state index is -0.738. The fourth-order valence-corrected chi connectivity index (χ4v) is 1.37. The second-order valence-corrected chi connectivity index (χ2v) is 3.27. The molecule has 0 aliphatic heterocycles. The zero-order chi connectivity index (χ0) is 11.4. The van der Waals surface area contributed by atoms with Gasteiger partial charge in [-0.25, -0.2) is 4.39 Å². The van der Waals surface area contributed by atoms with Gasteiger partial charge in [-0.15, -0.1) is 0 Å². The van der Waals surface area contributed by atoms with Crippen LogP contribution in [0, 0.1) is 0 Å². The van der Waals surface area contributed by atoms with Crippen LogP contribution in [-0.2, 0) is 6.67 Å². The molecule has 0 radical (unpaired) electrons. The fourth-order valence-electron chi connectivity index (χ4n) is 1.37. The average molecular weight is 211 g/mol. The van der Waals surface area contributed by atoms with Crippen LogP contribution in [0.15, 0.2) is 18.2 Å². The van der Waals surface area contributed by atoms with E-state index in [1.165, 1.54) is 7.11 Å². The Morgan fingerprint density at radius 3 is 2.73 bits per heavy atom. The Morgan fingerprint density at radius 2 is 2.27 bits per heavy atom. The van der Waals surface area contributed by atoms with Crippen molar-refractivity contribution >= 4 is 5.78 Å². The van der Waals surface area contributed by atoms with Crippen molar-refractivity contribution in [2.45, 2.75) is 19.6 Å². The number of ether oxygens (including phenoxy) is 1. The second kappa shape index (κ2) is 4.89. The third kappa shape index (κ3) is 2.33. The van der Waals surface area contributed by atoms with Gasteiger partial charge in [0.2, 0.25) is 0 Å². The molecular weight excluding hydrogens is 197 g/mol. The Kier molecular flexibility index (Phi) is 3.80.